The van der Waals surface area contributed by atoms with E-state index in [4.69, 9.17) is 25.3 Å². The number of nitrogens with one attached hydrogen (secondary N) is 1. The van der Waals surface area contributed by atoms with Crippen molar-refractivity contribution in [3.05, 3.63) is 115 Å². The van der Waals surface area contributed by atoms with Gasteiger partial charge in [-0.1, -0.05) is 37.3 Å². The zero-order valence-electron chi connectivity index (χ0n) is 44.8. The average Bonchev–Trinajstić information content (AvgIpc) is 4.19. The molecule has 1 amide bonds. The molecule has 0 unspecified atom stereocenters. The third-order valence-electron chi connectivity index (χ3n) is 15.3. The molecule has 3 aliphatic heterocycles. The highest BCUT2D eigenvalue weighted by molar-refractivity contribution is 5.98. The highest BCUT2D eigenvalue weighted by Gasteiger charge is 2.29. The van der Waals surface area contributed by atoms with Gasteiger partial charge in [-0.05, 0) is 120 Å². The number of piperazine rings is 1. The van der Waals surface area contributed by atoms with Gasteiger partial charge in [0.25, 0.3) is 0 Å². The molecule has 10 rings (SSSR count). The molecule has 3 fully saturated rings. The molecule has 19 heteroatoms. The minimum absolute atomic E-state index is 0.0169. The lowest BCUT2D eigenvalue weighted by atomic mass is 9.99. The third kappa shape index (κ3) is 13.3. The molecule has 8 heterocycles. The maximum absolute atomic E-state index is 13.5. The van der Waals surface area contributed by atoms with Crippen LogP contribution in [0.3, 0.4) is 0 Å². The lowest BCUT2D eigenvalue weighted by Gasteiger charge is -2.36. The number of rotatable bonds is 23. The zero-order chi connectivity index (χ0) is 52.9. The highest BCUT2D eigenvalue weighted by Crippen LogP contribution is 2.35. The number of hydrogen-bond donors (Lipinski definition) is 3. The Morgan fingerprint density at radius 3 is 2.47 bits per heavy atom. The molecule has 2 atom stereocenters. The number of amides is 1. The maximum Gasteiger partial charge on any atom is 0.246 e. The van der Waals surface area contributed by atoms with Crippen LogP contribution in [0, 0.1) is 0 Å². The molecule has 406 valence electrons. The number of benzene rings is 2. The number of para-hydroxylation sites is 1. The van der Waals surface area contributed by atoms with Gasteiger partial charge >= 0.3 is 0 Å². The number of nitrogen functional groups attached to an aromatic ring is 1. The molecular formula is C58H75N15O4. The minimum Gasteiger partial charge on any atom is -0.478 e. The highest BCUT2D eigenvalue weighted by atomic mass is 16.5. The zero-order valence-corrected chi connectivity index (χ0v) is 44.8. The number of likely N-dealkylation sites (tertiary alicyclic amines) is 1. The van der Waals surface area contributed by atoms with Gasteiger partial charge in [0, 0.05) is 114 Å². The number of aliphatic hydroxyl groups is 1. The maximum atomic E-state index is 13.5. The second-order valence-electron chi connectivity index (χ2n) is 20.6. The molecule has 19 nitrogen and oxygen atoms in total. The molecule has 4 N–H and O–H groups in total. The predicted molar refractivity (Wildman–Crippen MR) is 301 cm³/mol. The number of carbonyl (C=O) groups is 1. The van der Waals surface area contributed by atoms with Crippen molar-refractivity contribution >= 4 is 40.0 Å². The smallest absolute Gasteiger partial charge is 0.246 e. The van der Waals surface area contributed by atoms with Gasteiger partial charge in [-0.15, -0.1) is 0 Å². The Morgan fingerprint density at radius 1 is 0.883 bits per heavy atom. The Labute approximate surface area is 451 Å². The van der Waals surface area contributed by atoms with E-state index in [0.717, 1.165) is 149 Å². The van der Waals surface area contributed by atoms with Gasteiger partial charge in [0.05, 0.1) is 24.2 Å². The number of piperidine rings is 2. The first kappa shape index (κ1) is 53.2. The van der Waals surface area contributed by atoms with E-state index < -0.39 is 0 Å². The van der Waals surface area contributed by atoms with Crippen molar-refractivity contribution in [1.82, 2.24) is 58.9 Å². The summed E-state index contributed by atoms with van der Waals surface area (Å²) in [5.41, 5.74) is 11.7. The van der Waals surface area contributed by atoms with Crippen molar-refractivity contribution < 1.29 is 19.4 Å². The van der Waals surface area contributed by atoms with Gasteiger partial charge in [-0.3, -0.25) is 4.79 Å². The van der Waals surface area contributed by atoms with E-state index >= 15 is 0 Å². The van der Waals surface area contributed by atoms with Crippen LogP contribution in [0.1, 0.15) is 75.5 Å². The van der Waals surface area contributed by atoms with Crippen LogP contribution in [-0.2, 0) is 17.8 Å². The van der Waals surface area contributed by atoms with E-state index in [1.165, 1.54) is 12.7 Å². The lowest BCUT2D eigenvalue weighted by Crippen LogP contribution is -2.47. The number of aromatic nitrogens is 8. The Balaban J connectivity index is 0.612. The van der Waals surface area contributed by atoms with Crippen LogP contribution in [-0.4, -0.2) is 168 Å². The van der Waals surface area contributed by atoms with Crippen LogP contribution in [0.2, 0.25) is 0 Å². The summed E-state index contributed by atoms with van der Waals surface area (Å²) in [6.07, 6.45) is 17.7. The van der Waals surface area contributed by atoms with Crippen LogP contribution < -0.4 is 25.4 Å². The summed E-state index contributed by atoms with van der Waals surface area (Å²) < 4.78 is 15.9. The summed E-state index contributed by atoms with van der Waals surface area (Å²) in [4.78, 5) is 43.8. The van der Waals surface area contributed by atoms with Gasteiger partial charge in [-0.2, -0.15) is 14.7 Å². The summed E-state index contributed by atoms with van der Waals surface area (Å²) in [6.45, 7) is 13.7. The lowest BCUT2D eigenvalue weighted by molar-refractivity contribution is -0.127. The first-order valence-corrected chi connectivity index (χ1v) is 27.8. The molecule has 0 radical (unpaired) electrons. The summed E-state index contributed by atoms with van der Waals surface area (Å²) >= 11 is 0. The van der Waals surface area contributed by atoms with Crippen molar-refractivity contribution in [2.75, 3.05) is 108 Å². The standard InChI is InChI=1S/C58H75N15O4/c1-3-44-40-64-73-50(37-51(65-57(44)73)71-30-8-7-13-46(71)24-35-74)60-38-43-18-23-52(61-39-43)76-36-12-28-69-33-31-68(32-34-69)27-11-26-67(2)25-10-17-53(75)70-29-9-14-47(41-70)72-58-54(56(59)62-42-63-58)55(66-72)45-19-21-49(22-20-45)77-48-15-5-4-6-16-48/h4-6,10,15-23,37,39-40,42,46-47,60,74H,3,7-9,11-14,24-36,38,41H2,1-2H3,(H2,59,62,63)/b17-10+/t46-,47+/m0/s1. The number of nitrogens with two attached hydrogens (primary N) is 1. The van der Waals surface area contributed by atoms with Crippen LogP contribution >= 0.6 is 0 Å². The van der Waals surface area contributed by atoms with Crippen molar-refractivity contribution in [3.63, 3.8) is 0 Å². The van der Waals surface area contributed by atoms with Gasteiger partial charge in [0.1, 0.15) is 41.0 Å². The number of fused-ring (bicyclic) bond motifs is 2. The number of aliphatic hydroxyl groups excluding tert-OH is 1. The van der Waals surface area contributed by atoms with Crippen molar-refractivity contribution in [3.8, 4) is 28.6 Å². The van der Waals surface area contributed by atoms with E-state index in [0.29, 0.717) is 61.2 Å². The largest absolute Gasteiger partial charge is 0.478 e. The number of hydrogen-bond acceptors (Lipinski definition) is 16. The number of likely N-dealkylation sites (N-methyl/N-ethyl adjacent to an activating group) is 1. The number of aryl methyl sites for hydroxylation is 1. The topological polar surface area (TPSA) is 197 Å². The van der Waals surface area contributed by atoms with Gasteiger partial charge in [0.2, 0.25) is 11.8 Å². The summed E-state index contributed by atoms with van der Waals surface area (Å²) in [5, 5.41) is 23.8. The summed E-state index contributed by atoms with van der Waals surface area (Å²) in [7, 11) is 2.12. The molecule has 0 aliphatic carbocycles. The fourth-order valence-corrected chi connectivity index (χ4v) is 11.0. The van der Waals surface area contributed by atoms with E-state index in [9.17, 15) is 9.90 Å². The second kappa shape index (κ2) is 25.8. The summed E-state index contributed by atoms with van der Waals surface area (Å²) in [5.74, 6) is 4.34. The summed E-state index contributed by atoms with van der Waals surface area (Å²) in [6, 6.07) is 23.8. The van der Waals surface area contributed by atoms with Gasteiger partial charge in [0.15, 0.2) is 11.3 Å². The number of pyridine rings is 1. The first-order chi connectivity index (χ1) is 37.8. The van der Waals surface area contributed by atoms with Crippen molar-refractivity contribution in [2.24, 2.45) is 0 Å². The average molecular weight is 1050 g/mol. The minimum atomic E-state index is -0.0512. The fourth-order valence-electron chi connectivity index (χ4n) is 11.0. The number of anilines is 3. The van der Waals surface area contributed by atoms with E-state index in [-0.39, 0.29) is 24.6 Å². The monoisotopic (exact) mass is 1050 g/mol. The van der Waals surface area contributed by atoms with Crippen LogP contribution in [0.15, 0.2) is 104 Å². The van der Waals surface area contributed by atoms with Crippen molar-refractivity contribution in [2.45, 2.75) is 83.3 Å². The Kier molecular flexibility index (Phi) is 17.8. The SMILES string of the molecule is CCc1cnn2c(NCc3ccc(OCCCN4CCN(CCCN(C)C/C=C/C(=O)N5CCC[C@@H](n6nc(-c7ccc(Oc8ccccc8)cc7)c7c(N)ncnc76)C5)CC4)nc3)cc(N3CCCC[C@H]3CCO)nc12. The second-order valence-corrected chi connectivity index (χ2v) is 20.6. The molecule has 77 heavy (non-hydrogen) atoms. The predicted octanol–water partition coefficient (Wildman–Crippen LogP) is 7.35. The fraction of sp³-hybridized carbons (Fsp3) is 0.466. The van der Waals surface area contributed by atoms with Crippen LogP contribution in [0.4, 0.5) is 17.5 Å². The Morgan fingerprint density at radius 2 is 1.69 bits per heavy atom. The molecule has 0 spiro atoms. The van der Waals surface area contributed by atoms with E-state index in [1.807, 2.05) is 93.2 Å². The Bertz CT molecular complexity index is 3030. The molecule has 3 aliphatic rings. The van der Waals surface area contributed by atoms with E-state index in [1.54, 1.807) is 6.08 Å². The first-order valence-electron chi connectivity index (χ1n) is 27.8. The number of nitrogens with zero attached hydrogens (tertiary/aromatic N) is 13. The van der Waals surface area contributed by atoms with E-state index in [2.05, 4.69) is 71.1 Å². The number of carbonyl (C=O) groups excluding carboxylic acids is 1. The molecule has 2 aromatic carbocycles. The van der Waals surface area contributed by atoms with Crippen LogP contribution in [0.25, 0.3) is 27.9 Å². The molecule has 3 saturated heterocycles. The third-order valence-corrected chi connectivity index (χ3v) is 15.3. The molecule has 5 aromatic heterocycles. The molecule has 7 aromatic rings. The van der Waals surface area contributed by atoms with Gasteiger partial charge in [-0.25, -0.2) is 24.6 Å². The number of ether oxygens (including phenoxy) is 2. The molecular weight excluding hydrogens is 971 g/mol. The normalized spacial score (nSPS) is 17.8. The molecule has 0 bridgehead atoms. The quantitative estimate of drug-likeness (QED) is 0.0425. The van der Waals surface area contributed by atoms with Gasteiger partial charge < -0.3 is 50.1 Å². The molecule has 0 saturated carbocycles. The van der Waals surface area contributed by atoms with Crippen molar-refractivity contribution in [1.29, 1.82) is 0 Å². The van der Waals surface area contributed by atoms with Crippen LogP contribution in [0.5, 0.6) is 17.4 Å². The Hall–Kier alpha value is -7.19.